The van der Waals surface area contributed by atoms with Crippen LogP contribution >= 0.6 is 11.8 Å². The number of rotatable bonds is 3. The second-order valence-electron chi connectivity index (χ2n) is 3.75. The quantitative estimate of drug-likeness (QED) is 0.599. The van der Waals surface area contributed by atoms with Gasteiger partial charge in [-0.15, -0.1) is 11.8 Å². The number of halogens is 1. The van der Waals surface area contributed by atoms with Crippen molar-refractivity contribution in [3.63, 3.8) is 0 Å². The molecule has 0 unspecified atom stereocenters. The predicted octanol–water partition coefficient (Wildman–Crippen LogP) is 2.24. The monoisotopic (exact) mass is 214 g/mol. The molecule has 2 nitrogen and oxygen atoms in total. The standard InChI is InChI=1S/C10H15FN2S/c1-10(2,6-12)14-9-4-3-7(11)5-8(9)13/h3-5H,6,12-13H2,1-2H3. The van der Waals surface area contributed by atoms with Crippen LogP contribution in [0.15, 0.2) is 23.1 Å². The molecule has 0 amide bonds. The molecule has 0 aliphatic rings. The van der Waals surface area contributed by atoms with Gasteiger partial charge in [0.15, 0.2) is 0 Å². The number of anilines is 1. The van der Waals surface area contributed by atoms with Gasteiger partial charge < -0.3 is 11.5 Å². The Hall–Kier alpha value is -0.740. The average molecular weight is 214 g/mol. The first-order chi connectivity index (χ1) is 6.44. The molecule has 0 radical (unpaired) electrons. The molecule has 4 heteroatoms. The van der Waals surface area contributed by atoms with Crippen LogP contribution in [0.1, 0.15) is 13.8 Å². The van der Waals surface area contributed by atoms with Gasteiger partial charge in [-0.05, 0) is 32.0 Å². The van der Waals surface area contributed by atoms with Crippen molar-refractivity contribution in [2.24, 2.45) is 5.73 Å². The minimum atomic E-state index is -0.308. The highest BCUT2D eigenvalue weighted by Crippen LogP contribution is 2.35. The highest BCUT2D eigenvalue weighted by Gasteiger charge is 2.18. The zero-order chi connectivity index (χ0) is 10.8. The van der Waals surface area contributed by atoms with Gasteiger partial charge in [0.25, 0.3) is 0 Å². The molecular weight excluding hydrogens is 199 g/mol. The summed E-state index contributed by atoms with van der Waals surface area (Å²) in [5, 5.41) is 0. The summed E-state index contributed by atoms with van der Waals surface area (Å²) >= 11 is 1.56. The van der Waals surface area contributed by atoms with Crippen molar-refractivity contribution >= 4 is 17.4 Å². The Balaban J connectivity index is 2.87. The molecule has 0 atom stereocenters. The van der Waals surface area contributed by atoms with E-state index in [2.05, 4.69) is 0 Å². The minimum absolute atomic E-state index is 0.0774. The van der Waals surface area contributed by atoms with Gasteiger partial charge in [-0.2, -0.15) is 0 Å². The molecule has 0 aromatic heterocycles. The molecule has 1 aromatic rings. The highest BCUT2D eigenvalue weighted by atomic mass is 32.2. The largest absolute Gasteiger partial charge is 0.398 e. The fourth-order valence-electron chi connectivity index (χ4n) is 0.952. The number of benzene rings is 1. The zero-order valence-corrected chi connectivity index (χ0v) is 9.20. The van der Waals surface area contributed by atoms with Gasteiger partial charge in [0.2, 0.25) is 0 Å². The third-order valence-electron chi connectivity index (χ3n) is 1.85. The summed E-state index contributed by atoms with van der Waals surface area (Å²) in [6.07, 6.45) is 0. The molecule has 0 aliphatic carbocycles. The molecule has 0 fully saturated rings. The second-order valence-corrected chi connectivity index (χ2v) is 5.50. The van der Waals surface area contributed by atoms with Crippen LogP contribution in [0.25, 0.3) is 0 Å². The van der Waals surface area contributed by atoms with Gasteiger partial charge in [0.1, 0.15) is 5.82 Å². The fourth-order valence-corrected chi connectivity index (χ4v) is 1.94. The summed E-state index contributed by atoms with van der Waals surface area (Å²) in [6.45, 7) is 4.61. The van der Waals surface area contributed by atoms with Crippen molar-refractivity contribution in [2.45, 2.75) is 23.5 Å². The van der Waals surface area contributed by atoms with Crippen molar-refractivity contribution in [3.05, 3.63) is 24.0 Å². The minimum Gasteiger partial charge on any atom is -0.398 e. The third kappa shape index (κ3) is 2.89. The Kier molecular flexibility index (Phi) is 3.39. The van der Waals surface area contributed by atoms with E-state index in [-0.39, 0.29) is 10.6 Å². The lowest BCUT2D eigenvalue weighted by molar-refractivity contribution is 0.627. The molecule has 1 aromatic carbocycles. The maximum atomic E-state index is 12.7. The Morgan fingerprint density at radius 2 is 2.07 bits per heavy atom. The summed E-state index contributed by atoms with van der Waals surface area (Å²) in [5.74, 6) is -0.308. The molecule has 1 rings (SSSR count). The van der Waals surface area contributed by atoms with Crippen LogP contribution in [0, 0.1) is 5.82 Å². The summed E-state index contributed by atoms with van der Waals surface area (Å²) in [5.41, 5.74) is 11.7. The molecule has 0 saturated carbocycles. The van der Waals surface area contributed by atoms with Crippen LogP contribution in [-0.4, -0.2) is 11.3 Å². The lowest BCUT2D eigenvalue weighted by Crippen LogP contribution is -2.26. The Bertz CT molecular complexity index is 326. The molecule has 14 heavy (non-hydrogen) atoms. The summed E-state index contributed by atoms with van der Waals surface area (Å²) in [7, 11) is 0. The van der Waals surface area contributed by atoms with Crippen molar-refractivity contribution in [1.29, 1.82) is 0 Å². The first-order valence-electron chi connectivity index (χ1n) is 4.39. The van der Waals surface area contributed by atoms with Crippen LogP contribution in [0.4, 0.5) is 10.1 Å². The van der Waals surface area contributed by atoms with E-state index in [0.717, 1.165) is 4.90 Å². The van der Waals surface area contributed by atoms with Gasteiger partial charge in [-0.25, -0.2) is 4.39 Å². The Labute approximate surface area is 87.9 Å². The average Bonchev–Trinajstić information content (AvgIpc) is 2.10. The normalized spacial score (nSPS) is 11.7. The third-order valence-corrected chi connectivity index (χ3v) is 3.16. The van der Waals surface area contributed by atoms with E-state index in [4.69, 9.17) is 11.5 Å². The van der Waals surface area contributed by atoms with E-state index in [9.17, 15) is 4.39 Å². The molecule has 0 spiro atoms. The number of hydrogen-bond acceptors (Lipinski definition) is 3. The summed E-state index contributed by atoms with van der Waals surface area (Å²) in [6, 6.07) is 4.42. The predicted molar refractivity (Wildman–Crippen MR) is 59.8 cm³/mol. The SMILES string of the molecule is CC(C)(CN)Sc1ccc(F)cc1N. The van der Waals surface area contributed by atoms with Gasteiger partial charge >= 0.3 is 0 Å². The maximum Gasteiger partial charge on any atom is 0.125 e. The molecule has 0 heterocycles. The van der Waals surface area contributed by atoms with E-state index < -0.39 is 0 Å². The van der Waals surface area contributed by atoms with Gasteiger partial charge in [0.05, 0.1) is 0 Å². The molecule has 0 bridgehead atoms. The maximum absolute atomic E-state index is 12.7. The van der Waals surface area contributed by atoms with Crippen LogP contribution < -0.4 is 11.5 Å². The lowest BCUT2D eigenvalue weighted by Gasteiger charge is -2.22. The molecular formula is C10H15FN2S. The van der Waals surface area contributed by atoms with Crippen LogP contribution in [-0.2, 0) is 0 Å². The van der Waals surface area contributed by atoms with Gasteiger partial charge in [0, 0.05) is 21.9 Å². The van der Waals surface area contributed by atoms with Gasteiger partial charge in [-0.1, -0.05) is 0 Å². The topological polar surface area (TPSA) is 52.0 Å². The Morgan fingerprint density at radius 3 is 2.57 bits per heavy atom. The van der Waals surface area contributed by atoms with E-state index in [1.807, 2.05) is 13.8 Å². The second kappa shape index (κ2) is 4.19. The van der Waals surface area contributed by atoms with Crippen LogP contribution in [0.2, 0.25) is 0 Å². The first-order valence-corrected chi connectivity index (χ1v) is 5.20. The molecule has 0 aliphatic heterocycles. The highest BCUT2D eigenvalue weighted by molar-refractivity contribution is 8.00. The molecule has 4 N–H and O–H groups in total. The van der Waals surface area contributed by atoms with Crippen molar-refractivity contribution in [3.8, 4) is 0 Å². The number of nitrogens with two attached hydrogens (primary N) is 2. The van der Waals surface area contributed by atoms with E-state index >= 15 is 0 Å². The smallest absolute Gasteiger partial charge is 0.125 e. The van der Waals surface area contributed by atoms with E-state index in [1.54, 1.807) is 17.8 Å². The Morgan fingerprint density at radius 1 is 1.43 bits per heavy atom. The number of thioether (sulfide) groups is 1. The number of nitrogen functional groups attached to an aromatic ring is 1. The van der Waals surface area contributed by atoms with E-state index in [1.165, 1.54) is 12.1 Å². The lowest BCUT2D eigenvalue weighted by atomic mass is 10.2. The molecule has 78 valence electrons. The van der Waals surface area contributed by atoms with Crippen molar-refractivity contribution < 1.29 is 4.39 Å². The van der Waals surface area contributed by atoms with Crippen molar-refractivity contribution in [1.82, 2.24) is 0 Å². The fraction of sp³-hybridized carbons (Fsp3) is 0.400. The zero-order valence-electron chi connectivity index (χ0n) is 8.38. The van der Waals surface area contributed by atoms with Gasteiger partial charge in [-0.3, -0.25) is 0 Å². The summed E-state index contributed by atoms with van der Waals surface area (Å²) < 4.78 is 12.7. The van der Waals surface area contributed by atoms with E-state index in [0.29, 0.717) is 12.2 Å². The first kappa shape index (κ1) is 11.3. The van der Waals surface area contributed by atoms with Crippen molar-refractivity contribution in [2.75, 3.05) is 12.3 Å². The summed E-state index contributed by atoms with van der Waals surface area (Å²) in [4.78, 5) is 0.877. The van der Waals surface area contributed by atoms with Crippen LogP contribution in [0.3, 0.4) is 0 Å². The van der Waals surface area contributed by atoms with Crippen LogP contribution in [0.5, 0.6) is 0 Å². The number of hydrogen-bond donors (Lipinski definition) is 2. The molecule has 0 saturated heterocycles.